The molecule has 0 spiro atoms. The second-order valence-corrected chi connectivity index (χ2v) is 4.43. The predicted octanol–water partition coefficient (Wildman–Crippen LogP) is 2.53. The van der Waals surface area contributed by atoms with E-state index in [2.05, 4.69) is 11.8 Å². The Morgan fingerprint density at radius 3 is 2.40 bits per heavy atom. The minimum Gasteiger partial charge on any atom is -0.303 e. The fraction of sp³-hybridized carbons (Fsp3) is 0.538. The summed E-state index contributed by atoms with van der Waals surface area (Å²) in [5.41, 5.74) is 0.673. The molecule has 0 amide bonds. The molecule has 0 heterocycles. The zero-order chi connectivity index (χ0) is 11.9. The summed E-state index contributed by atoms with van der Waals surface area (Å²) in [7, 11) is 0. The molecule has 0 aliphatic heterocycles. The molecule has 0 radical (unpaired) electrons. The van der Waals surface area contributed by atoms with Crippen LogP contribution in [0.4, 0.5) is 0 Å². The first kappa shape index (κ1) is 13.6. The number of carbonyl (C=O) groups is 2. The molecule has 82 valence electrons. The molecule has 0 aromatic rings. The smallest absolute Gasteiger partial charge is 0.228 e. The molecule has 2 nitrogen and oxygen atoms in total. The van der Waals surface area contributed by atoms with Crippen LogP contribution < -0.4 is 0 Å². The van der Waals surface area contributed by atoms with E-state index in [1.165, 1.54) is 6.08 Å². The standard InChI is InChI=1S/C13H18O2/c1-11(2)10-12(15)6-8-13(3,4)7-5-9-14/h9-10H,5,7H2,1-4H3. The SMILES string of the molecule is CC(C)=CC(=O)C#CC(C)(C)CCC=O. The lowest BCUT2D eigenvalue weighted by atomic mass is 9.89. The molecule has 2 heteroatoms. The Kier molecular flexibility index (Phi) is 5.62. The van der Waals surface area contributed by atoms with E-state index in [9.17, 15) is 9.59 Å². The summed E-state index contributed by atoms with van der Waals surface area (Å²) in [6.07, 6.45) is 3.56. The van der Waals surface area contributed by atoms with Crippen LogP contribution in [0.5, 0.6) is 0 Å². The maximum Gasteiger partial charge on any atom is 0.228 e. The molecule has 0 aliphatic rings. The van der Waals surface area contributed by atoms with Gasteiger partial charge in [-0.1, -0.05) is 11.5 Å². The summed E-state index contributed by atoms with van der Waals surface area (Å²) in [5, 5.41) is 0. The van der Waals surface area contributed by atoms with Crippen molar-refractivity contribution in [2.24, 2.45) is 5.41 Å². The average Bonchev–Trinajstić information content (AvgIpc) is 2.11. The highest BCUT2D eigenvalue weighted by Crippen LogP contribution is 2.19. The zero-order valence-electron chi connectivity index (χ0n) is 9.89. The lowest BCUT2D eigenvalue weighted by Gasteiger charge is -2.14. The Hall–Kier alpha value is -1.36. The van der Waals surface area contributed by atoms with E-state index >= 15 is 0 Å². The van der Waals surface area contributed by atoms with Crippen molar-refractivity contribution in [2.45, 2.75) is 40.5 Å². The number of aldehydes is 1. The highest BCUT2D eigenvalue weighted by atomic mass is 16.1. The molecule has 0 aliphatic carbocycles. The van der Waals surface area contributed by atoms with Gasteiger partial charge in [0.2, 0.25) is 5.78 Å². The second-order valence-electron chi connectivity index (χ2n) is 4.43. The molecule has 0 N–H and O–H groups in total. The Labute approximate surface area is 91.8 Å². The molecule has 0 rings (SSSR count). The van der Waals surface area contributed by atoms with Gasteiger partial charge in [-0.25, -0.2) is 0 Å². The van der Waals surface area contributed by atoms with Crippen LogP contribution in [0.15, 0.2) is 11.6 Å². The Morgan fingerprint density at radius 1 is 1.33 bits per heavy atom. The third kappa shape index (κ3) is 7.69. The van der Waals surface area contributed by atoms with Gasteiger partial charge in [-0.05, 0) is 46.1 Å². The Bertz CT molecular complexity index is 320. The van der Waals surface area contributed by atoms with Crippen molar-refractivity contribution in [3.05, 3.63) is 11.6 Å². The number of carbonyl (C=O) groups excluding carboxylic acids is 2. The molecule has 15 heavy (non-hydrogen) atoms. The molecule has 0 aromatic heterocycles. The van der Waals surface area contributed by atoms with Gasteiger partial charge in [0.15, 0.2) is 0 Å². The van der Waals surface area contributed by atoms with Crippen LogP contribution in [0.3, 0.4) is 0 Å². The van der Waals surface area contributed by atoms with E-state index in [0.717, 1.165) is 11.9 Å². The molecule has 0 saturated carbocycles. The number of hydrogen-bond donors (Lipinski definition) is 0. The highest BCUT2D eigenvalue weighted by molar-refractivity contribution is 6.04. The van der Waals surface area contributed by atoms with Crippen molar-refractivity contribution < 1.29 is 9.59 Å². The lowest BCUT2D eigenvalue weighted by molar-refractivity contribution is -0.110. The molecular formula is C13H18O2. The van der Waals surface area contributed by atoms with Gasteiger partial charge < -0.3 is 4.79 Å². The topological polar surface area (TPSA) is 34.1 Å². The summed E-state index contributed by atoms with van der Waals surface area (Å²) in [5.74, 6) is 5.31. The van der Waals surface area contributed by atoms with E-state index < -0.39 is 0 Å². The van der Waals surface area contributed by atoms with Gasteiger partial charge in [-0.15, -0.1) is 0 Å². The maximum absolute atomic E-state index is 11.3. The first-order chi connectivity index (χ1) is 6.87. The molecule has 0 atom stereocenters. The van der Waals surface area contributed by atoms with Gasteiger partial charge >= 0.3 is 0 Å². The van der Waals surface area contributed by atoms with Crippen LogP contribution in [0.25, 0.3) is 0 Å². The van der Waals surface area contributed by atoms with Gasteiger partial charge in [-0.2, -0.15) is 0 Å². The molecule has 0 saturated heterocycles. The van der Waals surface area contributed by atoms with Crippen LogP contribution in [0.2, 0.25) is 0 Å². The highest BCUT2D eigenvalue weighted by Gasteiger charge is 2.13. The fourth-order valence-electron chi connectivity index (χ4n) is 1.01. The largest absolute Gasteiger partial charge is 0.303 e. The van der Waals surface area contributed by atoms with E-state index in [1.807, 2.05) is 27.7 Å². The van der Waals surface area contributed by atoms with Crippen LogP contribution in [0.1, 0.15) is 40.5 Å². The van der Waals surface area contributed by atoms with Gasteiger partial charge in [0, 0.05) is 11.8 Å². The summed E-state index contributed by atoms with van der Waals surface area (Å²) >= 11 is 0. The Balaban J connectivity index is 4.43. The van der Waals surface area contributed by atoms with Crippen LogP contribution in [-0.4, -0.2) is 12.1 Å². The fourth-order valence-corrected chi connectivity index (χ4v) is 1.01. The van der Waals surface area contributed by atoms with Crippen molar-refractivity contribution in [3.8, 4) is 11.8 Å². The summed E-state index contributed by atoms with van der Waals surface area (Å²) in [6.45, 7) is 7.58. The molecule has 0 aromatic carbocycles. The number of allylic oxidation sites excluding steroid dienone is 2. The summed E-state index contributed by atoms with van der Waals surface area (Å²) < 4.78 is 0. The van der Waals surface area contributed by atoms with Crippen molar-refractivity contribution in [2.75, 3.05) is 0 Å². The third-order valence-corrected chi connectivity index (χ3v) is 1.83. The first-order valence-electron chi connectivity index (χ1n) is 5.03. The second kappa shape index (κ2) is 6.19. The number of ketones is 1. The normalized spacial score (nSPS) is 9.87. The minimum atomic E-state index is -0.272. The van der Waals surface area contributed by atoms with E-state index in [4.69, 9.17) is 0 Å². The molecule has 0 bridgehead atoms. The molecule has 0 fully saturated rings. The van der Waals surface area contributed by atoms with Crippen molar-refractivity contribution in [1.29, 1.82) is 0 Å². The Morgan fingerprint density at radius 2 is 1.93 bits per heavy atom. The van der Waals surface area contributed by atoms with Crippen molar-refractivity contribution in [1.82, 2.24) is 0 Å². The van der Waals surface area contributed by atoms with E-state index in [1.54, 1.807) is 0 Å². The van der Waals surface area contributed by atoms with Crippen molar-refractivity contribution in [3.63, 3.8) is 0 Å². The zero-order valence-corrected chi connectivity index (χ0v) is 9.89. The van der Waals surface area contributed by atoms with Gasteiger partial charge in [0.05, 0.1) is 0 Å². The van der Waals surface area contributed by atoms with Crippen LogP contribution in [-0.2, 0) is 9.59 Å². The lowest BCUT2D eigenvalue weighted by Crippen LogP contribution is -2.08. The number of rotatable bonds is 4. The minimum absolute atomic E-state index is 0.172. The van der Waals surface area contributed by atoms with Crippen LogP contribution >= 0.6 is 0 Å². The van der Waals surface area contributed by atoms with E-state index in [0.29, 0.717) is 12.8 Å². The predicted molar refractivity (Wildman–Crippen MR) is 61.3 cm³/mol. The average molecular weight is 206 g/mol. The van der Waals surface area contributed by atoms with Gasteiger partial charge in [0.25, 0.3) is 0 Å². The van der Waals surface area contributed by atoms with Gasteiger partial charge in [0.1, 0.15) is 6.29 Å². The molecular weight excluding hydrogens is 188 g/mol. The molecule has 0 unspecified atom stereocenters. The van der Waals surface area contributed by atoms with Gasteiger partial charge in [-0.3, -0.25) is 4.79 Å². The van der Waals surface area contributed by atoms with Crippen molar-refractivity contribution >= 4 is 12.1 Å². The van der Waals surface area contributed by atoms with E-state index in [-0.39, 0.29) is 11.2 Å². The summed E-state index contributed by atoms with van der Waals surface area (Å²) in [4.78, 5) is 21.5. The monoisotopic (exact) mass is 206 g/mol. The maximum atomic E-state index is 11.3. The summed E-state index contributed by atoms with van der Waals surface area (Å²) in [6, 6.07) is 0. The number of hydrogen-bond acceptors (Lipinski definition) is 2. The third-order valence-electron chi connectivity index (χ3n) is 1.83. The first-order valence-corrected chi connectivity index (χ1v) is 5.03. The quantitative estimate of drug-likeness (QED) is 0.306. The van der Waals surface area contributed by atoms with Crippen LogP contribution in [0, 0.1) is 17.3 Å².